The number of ether oxygens (including phenoxy) is 4. The lowest BCUT2D eigenvalue weighted by molar-refractivity contribution is -0.0457. The van der Waals surface area contributed by atoms with E-state index in [1.54, 1.807) is 32.4 Å². The molecule has 0 radical (unpaired) electrons. The molecule has 4 N–H and O–H groups in total. The van der Waals surface area contributed by atoms with E-state index in [2.05, 4.69) is 0 Å². The molecule has 3 aliphatic rings. The molecule has 4 heterocycles. The number of hydrogen-bond acceptors (Lipinski definition) is 18. The van der Waals surface area contributed by atoms with E-state index in [0.29, 0.717) is 73.4 Å². The van der Waals surface area contributed by atoms with Gasteiger partial charge in [-0.15, -0.1) is 23.2 Å². The Hall–Kier alpha value is -5.54. The number of carbonyl (C=O) groups excluding carboxylic acids is 2. The van der Waals surface area contributed by atoms with Gasteiger partial charge in [0.1, 0.15) is 36.2 Å². The molecule has 83 heavy (non-hydrogen) atoms. The first-order valence-corrected chi connectivity index (χ1v) is 29.7. The van der Waals surface area contributed by atoms with E-state index in [0.717, 1.165) is 26.0 Å². The van der Waals surface area contributed by atoms with Gasteiger partial charge in [-0.1, -0.05) is 56.0 Å². The summed E-state index contributed by atoms with van der Waals surface area (Å²) in [5, 5.41) is 22.7. The van der Waals surface area contributed by atoms with Gasteiger partial charge in [-0.3, -0.25) is 56.4 Å². The number of allylic oxidation sites excluding steroid dienone is 1. The predicted octanol–water partition coefficient (Wildman–Crippen LogP) is 6.84. The number of aliphatic hydroxyl groups is 2. The van der Waals surface area contributed by atoms with E-state index in [1.165, 1.54) is 35.6 Å². The zero-order valence-electron chi connectivity index (χ0n) is 44.9. The van der Waals surface area contributed by atoms with E-state index in [9.17, 15) is 56.9 Å². The number of Topliss-reactive ketones (excluding diaryl/α,β-unsaturated/α-hetero) is 1. The quantitative estimate of drug-likeness (QED) is 0.0250. The van der Waals surface area contributed by atoms with Crippen molar-refractivity contribution in [2.45, 2.75) is 89.4 Å². The number of fused-ring (bicyclic) bond motifs is 2. The van der Waals surface area contributed by atoms with Crippen LogP contribution in [0.25, 0.3) is 10.8 Å². The Morgan fingerprint density at radius 3 is 1.63 bits per heavy atom. The van der Waals surface area contributed by atoms with Gasteiger partial charge in [-0.25, -0.2) is 28.1 Å². The van der Waals surface area contributed by atoms with Crippen molar-refractivity contribution < 1.29 is 74.8 Å². The first kappa shape index (κ1) is 66.6. The molecule has 2 fully saturated rings. The SMILES string of the molecule is C.CN(CCCCCl)P(=O)(OCC1=CC(=O)c2ccccc2C1=O)OC[C@H]1O[C@@H](n2cc(F)c(=O)[nH]c2=O)CC1O.COc1cc(COP(=O)(OC[C@H]2O[C@@H](n3cc(F)c(=O)[nH]c3=O)CC2O)N(C)CCCCCl)c(OC)c2ccccc12. The third-order valence-corrected chi connectivity index (χ3v) is 18.0. The second kappa shape index (κ2) is 30.0. The lowest BCUT2D eigenvalue weighted by atomic mass is 9.90. The summed E-state index contributed by atoms with van der Waals surface area (Å²) in [5.41, 5.74) is -3.13. The van der Waals surface area contributed by atoms with E-state index in [1.807, 2.05) is 34.2 Å². The molecule has 4 unspecified atom stereocenters. The molecule has 8 rings (SSSR count). The van der Waals surface area contributed by atoms with Crippen molar-refractivity contribution >= 4 is 61.0 Å². The highest BCUT2D eigenvalue weighted by Gasteiger charge is 2.42. The van der Waals surface area contributed by atoms with Gasteiger partial charge in [0, 0.05) is 70.7 Å². The number of halogens is 4. The molecule has 2 aromatic heterocycles. The molecule has 8 atom stereocenters. The number of unbranched alkanes of at least 4 members (excludes halogenated alkanes) is 2. The number of methoxy groups -OCH3 is 2. The van der Waals surface area contributed by atoms with Gasteiger partial charge in [-0.2, -0.15) is 8.78 Å². The highest BCUT2D eigenvalue weighted by Crippen LogP contribution is 2.54. The maximum Gasteiger partial charge on any atom is 0.408 e. The van der Waals surface area contributed by atoms with Gasteiger partial charge in [0.25, 0.3) is 11.1 Å². The molecule has 0 spiro atoms. The van der Waals surface area contributed by atoms with Crippen LogP contribution in [0.15, 0.2) is 97.8 Å². The van der Waals surface area contributed by atoms with E-state index < -0.39 is 105 Å². The van der Waals surface area contributed by atoms with E-state index >= 15 is 0 Å². The monoisotopic (exact) mass is 1240 g/mol. The first-order chi connectivity index (χ1) is 39.1. The Morgan fingerprint density at radius 1 is 0.675 bits per heavy atom. The first-order valence-electron chi connectivity index (χ1n) is 25.7. The predicted molar refractivity (Wildman–Crippen MR) is 302 cm³/mol. The Balaban J connectivity index is 0.000000264. The molecule has 1 aliphatic carbocycles. The summed E-state index contributed by atoms with van der Waals surface area (Å²) in [6.45, 7) is -0.882. The number of alkyl halides is 2. The Morgan fingerprint density at radius 2 is 1.14 bits per heavy atom. The van der Waals surface area contributed by atoms with Crippen LogP contribution in [-0.2, 0) is 43.3 Å². The Labute approximate surface area is 484 Å². The van der Waals surface area contributed by atoms with Crippen LogP contribution in [0.2, 0.25) is 0 Å². The number of H-pyrrole nitrogens is 2. The number of aromatic nitrogens is 4. The smallest absolute Gasteiger partial charge is 0.408 e. The fourth-order valence-electron chi connectivity index (χ4n) is 9.01. The molecule has 24 nitrogen and oxygen atoms in total. The number of ketones is 2. The van der Waals surface area contributed by atoms with Crippen LogP contribution in [-0.4, -0.2) is 148 Å². The molecule has 454 valence electrons. The van der Waals surface area contributed by atoms with Crippen molar-refractivity contribution in [3.8, 4) is 11.5 Å². The number of hydrogen-bond donors (Lipinski definition) is 4. The number of nitrogens with zero attached hydrogens (tertiary/aromatic N) is 4. The average Bonchev–Trinajstić information content (AvgIpc) is 3.95. The second-order valence-corrected chi connectivity index (χ2v) is 24.0. The third kappa shape index (κ3) is 16.1. The maximum absolute atomic E-state index is 14.1. The van der Waals surface area contributed by atoms with Crippen molar-refractivity contribution in [2.24, 2.45) is 0 Å². The molecule has 0 saturated carbocycles. The highest BCUT2D eigenvalue weighted by molar-refractivity contribution is 7.51. The van der Waals surface area contributed by atoms with Crippen LogP contribution in [0.4, 0.5) is 8.78 Å². The van der Waals surface area contributed by atoms with E-state index in [-0.39, 0.29) is 62.5 Å². The zero-order chi connectivity index (χ0) is 59.5. The number of benzene rings is 3. The van der Waals surface area contributed by atoms with Crippen molar-refractivity contribution in [2.75, 3.05) is 73.0 Å². The molecular formula is C53H66Cl2F2N6O18P2. The normalized spacial score (nSPS) is 21.0. The van der Waals surface area contributed by atoms with Crippen LogP contribution in [0.5, 0.6) is 11.5 Å². The minimum Gasteiger partial charge on any atom is -0.496 e. The van der Waals surface area contributed by atoms with Crippen LogP contribution in [0.3, 0.4) is 0 Å². The summed E-state index contributed by atoms with van der Waals surface area (Å²) >= 11 is 11.6. The van der Waals surface area contributed by atoms with Gasteiger partial charge in [0.05, 0.1) is 65.2 Å². The summed E-state index contributed by atoms with van der Waals surface area (Å²) in [7, 11) is -1.97. The standard InChI is InChI=1S/C27H34ClFN3O9P.C25H28ClFN3O9P.CH4/c1-31(11-7-6-10-28)42(36,39-15-17-12-22(37-2)18-8-4-5-9-19(18)25(17)38-3)40-16-23-21(33)13-24(41-23)32-14-20(29)26(34)30-27(32)35;1-29(9-5-4-8-26)40(36,37-13-15-10-19(31)16-6-2-3-7-17(16)23(15)33)38-14-21-20(32)11-22(39-21)30-12-18(27)24(34)28-25(30)35;/h4-5,8-9,12,14,21,23-24,33H,6-7,10-11,13,15-16H2,1-3H3,(H,30,34,35);2-3,6-7,10,12,20-22,32H,4-5,8-9,11,13-14H2,1H3,(H,28,34,35);1H4/t21?,23-,24-,42?;20?,21-,22-,40?;/m11./s1. The maximum atomic E-state index is 14.1. The minimum absolute atomic E-state index is 0. The second-order valence-electron chi connectivity index (χ2n) is 19.0. The van der Waals surface area contributed by atoms with Gasteiger partial charge < -0.3 is 29.2 Å². The van der Waals surface area contributed by atoms with Gasteiger partial charge in [-0.05, 0) is 51.9 Å². The minimum atomic E-state index is -4.12. The van der Waals surface area contributed by atoms with Crippen LogP contribution in [0.1, 0.15) is 84.7 Å². The fraction of sp³-hybridized carbons (Fsp3) is 0.472. The van der Waals surface area contributed by atoms with Crippen molar-refractivity contribution in [1.29, 1.82) is 0 Å². The van der Waals surface area contributed by atoms with E-state index in [4.69, 9.17) is 60.2 Å². The van der Waals surface area contributed by atoms with Gasteiger partial charge in [0.2, 0.25) is 11.6 Å². The average molecular weight is 1250 g/mol. The van der Waals surface area contributed by atoms with Gasteiger partial charge >= 0.3 is 26.9 Å². The lowest BCUT2D eigenvalue weighted by Gasteiger charge is -2.29. The molecule has 0 amide bonds. The largest absolute Gasteiger partial charge is 0.496 e. The molecule has 30 heteroatoms. The van der Waals surface area contributed by atoms with Crippen LogP contribution in [0, 0.1) is 11.6 Å². The molecule has 3 aromatic carbocycles. The molecule has 5 aromatic rings. The number of aromatic amines is 2. The van der Waals surface area contributed by atoms with Crippen molar-refractivity contribution in [1.82, 2.24) is 28.4 Å². The number of rotatable bonds is 26. The van der Waals surface area contributed by atoms with Crippen molar-refractivity contribution in [3.05, 3.63) is 149 Å². The molecule has 2 aliphatic heterocycles. The summed E-state index contributed by atoms with van der Waals surface area (Å²) < 4.78 is 106. The van der Waals surface area contributed by atoms with Crippen molar-refractivity contribution in [3.63, 3.8) is 0 Å². The summed E-state index contributed by atoms with van der Waals surface area (Å²) in [6.07, 6.45) is -1.90. The number of nitrogens with one attached hydrogen (secondary N) is 2. The summed E-state index contributed by atoms with van der Waals surface area (Å²) in [5.74, 6) is -1.28. The third-order valence-electron chi connectivity index (χ3n) is 13.5. The number of aliphatic hydroxyl groups excluding tert-OH is 2. The molecule has 2 saturated heterocycles. The molecule has 0 bridgehead atoms. The summed E-state index contributed by atoms with van der Waals surface area (Å²) in [6, 6.07) is 15.6. The Kier molecular flexibility index (Phi) is 24.1. The summed E-state index contributed by atoms with van der Waals surface area (Å²) in [4.78, 5) is 76.1. The van der Waals surface area contributed by atoms with Crippen LogP contribution < -0.4 is 32.0 Å². The van der Waals surface area contributed by atoms with Crippen LogP contribution >= 0.6 is 38.7 Å². The zero-order valence-corrected chi connectivity index (χ0v) is 48.2. The molecular weight excluding hydrogens is 1180 g/mol. The van der Waals surface area contributed by atoms with Gasteiger partial charge in [0.15, 0.2) is 11.6 Å². The number of carbonyl (C=O) groups is 2. The Bertz CT molecular complexity index is 3480. The fourth-order valence-corrected chi connectivity index (χ4v) is 12.4. The highest BCUT2D eigenvalue weighted by atomic mass is 35.5. The topological polar surface area (TPSA) is 299 Å². The lowest BCUT2D eigenvalue weighted by Crippen LogP contribution is -2.34.